The highest BCUT2D eigenvalue weighted by atomic mass is 16.6. The summed E-state index contributed by atoms with van der Waals surface area (Å²) in [6.45, 7) is 13.9. The van der Waals surface area contributed by atoms with E-state index in [2.05, 4.69) is 6.08 Å². The van der Waals surface area contributed by atoms with E-state index in [-0.39, 0.29) is 6.09 Å². The van der Waals surface area contributed by atoms with E-state index in [0.29, 0.717) is 20.6 Å². The first-order valence-corrected chi connectivity index (χ1v) is 7.84. The van der Waals surface area contributed by atoms with Gasteiger partial charge in [-0.3, -0.25) is 0 Å². The fraction of sp³-hybridized carbons (Fsp3) is 0.812. The topological polar surface area (TPSA) is 59.0 Å². The molecule has 1 heterocycles. The number of nitrogens with zero attached hydrogens (tertiary/aromatic N) is 1. The van der Waals surface area contributed by atoms with Gasteiger partial charge in [-0.05, 0) is 54.9 Å². The molecule has 1 N–H and O–H groups in total. The Morgan fingerprint density at radius 2 is 1.82 bits per heavy atom. The smallest absolute Gasteiger partial charge is 0.410 e. The van der Waals surface area contributed by atoms with Crippen LogP contribution in [0.15, 0.2) is 11.5 Å². The van der Waals surface area contributed by atoms with Crippen molar-refractivity contribution >= 4 is 13.6 Å². The molecule has 1 aliphatic rings. The molecule has 1 rings (SSSR count). The predicted molar refractivity (Wildman–Crippen MR) is 89.1 cm³/mol. The van der Waals surface area contributed by atoms with Crippen molar-refractivity contribution in [3.8, 4) is 0 Å². The van der Waals surface area contributed by atoms with Gasteiger partial charge >= 0.3 is 13.6 Å². The van der Waals surface area contributed by atoms with Crippen molar-refractivity contribution in [2.45, 2.75) is 71.7 Å². The zero-order valence-corrected chi connectivity index (χ0v) is 15.0. The minimum Gasteiger partial charge on any atom is -0.444 e. The van der Waals surface area contributed by atoms with Gasteiger partial charge in [0, 0.05) is 13.1 Å². The average Bonchev–Trinajstić information content (AvgIpc) is 2.33. The molecule has 0 bridgehead atoms. The van der Waals surface area contributed by atoms with Crippen LogP contribution in [0.2, 0.25) is 0 Å². The molecule has 0 saturated heterocycles. The SMILES string of the molecule is CC(C)(C)OC(=O)N1CCC=C(BOC(C)(C)C(C)(C)O)C1. The van der Waals surface area contributed by atoms with Gasteiger partial charge in [0.1, 0.15) is 5.60 Å². The Balaban J connectivity index is 2.58. The van der Waals surface area contributed by atoms with E-state index in [1.54, 1.807) is 18.7 Å². The fourth-order valence-electron chi connectivity index (χ4n) is 1.85. The fourth-order valence-corrected chi connectivity index (χ4v) is 1.85. The summed E-state index contributed by atoms with van der Waals surface area (Å²) in [6, 6.07) is 0. The Labute approximate surface area is 134 Å². The van der Waals surface area contributed by atoms with Crippen LogP contribution in [0.25, 0.3) is 0 Å². The molecule has 6 heteroatoms. The molecule has 0 aromatic heterocycles. The van der Waals surface area contributed by atoms with Gasteiger partial charge in [0.05, 0.1) is 11.2 Å². The van der Waals surface area contributed by atoms with Crippen LogP contribution in [0.5, 0.6) is 0 Å². The number of rotatable bonds is 4. The summed E-state index contributed by atoms with van der Waals surface area (Å²) in [6.07, 6.45) is 2.60. The van der Waals surface area contributed by atoms with Gasteiger partial charge in [0.2, 0.25) is 0 Å². The molecule has 0 atom stereocenters. The minimum atomic E-state index is -0.937. The van der Waals surface area contributed by atoms with Crippen LogP contribution in [0.3, 0.4) is 0 Å². The lowest BCUT2D eigenvalue weighted by atomic mass is 9.80. The first-order valence-electron chi connectivity index (χ1n) is 7.84. The summed E-state index contributed by atoms with van der Waals surface area (Å²) >= 11 is 0. The highest BCUT2D eigenvalue weighted by molar-refractivity contribution is 6.38. The second-order valence-electron chi connectivity index (χ2n) is 7.91. The van der Waals surface area contributed by atoms with Crippen LogP contribution in [0, 0.1) is 0 Å². The highest BCUT2D eigenvalue weighted by Crippen LogP contribution is 2.25. The third kappa shape index (κ3) is 5.65. The molecule has 22 heavy (non-hydrogen) atoms. The van der Waals surface area contributed by atoms with Gasteiger partial charge in [0.15, 0.2) is 0 Å². The third-order valence-corrected chi connectivity index (χ3v) is 3.97. The van der Waals surface area contributed by atoms with Gasteiger partial charge in [-0.1, -0.05) is 11.5 Å². The lowest BCUT2D eigenvalue weighted by Gasteiger charge is -2.38. The van der Waals surface area contributed by atoms with E-state index in [9.17, 15) is 9.90 Å². The summed E-state index contributed by atoms with van der Waals surface area (Å²) < 4.78 is 11.3. The number of aliphatic hydroxyl groups is 1. The molecule has 1 amide bonds. The van der Waals surface area contributed by atoms with Crippen molar-refractivity contribution in [3.63, 3.8) is 0 Å². The maximum atomic E-state index is 12.1. The van der Waals surface area contributed by atoms with Gasteiger partial charge < -0.3 is 19.4 Å². The molecule has 5 nitrogen and oxygen atoms in total. The zero-order chi connectivity index (χ0) is 17.2. The number of hydrogen-bond acceptors (Lipinski definition) is 4. The number of amides is 1. The van der Waals surface area contributed by atoms with Crippen LogP contribution >= 0.6 is 0 Å². The normalized spacial score (nSPS) is 17.1. The summed E-state index contributed by atoms with van der Waals surface area (Å²) in [5.74, 6) is 0. The van der Waals surface area contributed by atoms with Crippen LogP contribution in [-0.2, 0) is 9.39 Å². The van der Waals surface area contributed by atoms with E-state index >= 15 is 0 Å². The Kier molecular flexibility index (Phi) is 5.74. The van der Waals surface area contributed by atoms with Crippen molar-refractivity contribution < 1.29 is 19.3 Å². The largest absolute Gasteiger partial charge is 0.444 e. The van der Waals surface area contributed by atoms with Crippen molar-refractivity contribution in [3.05, 3.63) is 11.5 Å². The molecule has 0 radical (unpaired) electrons. The van der Waals surface area contributed by atoms with E-state index < -0.39 is 16.8 Å². The van der Waals surface area contributed by atoms with E-state index in [1.807, 2.05) is 34.6 Å². The van der Waals surface area contributed by atoms with Gasteiger partial charge in [0.25, 0.3) is 0 Å². The predicted octanol–water partition coefficient (Wildman–Crippen LogP) is 2.43. The zero-order valence-electron chi connectivity index (χ0n) is 15.0. The molecule has 126 valence electrons. The molecule has 0 aliphatic carbocycles. The number of hydrogen-bond donors (Lipinski definition) is 1. The maximum absolute atomic E-state index is 12.1. The van der Waals surface area contributed by atoms with Gasteiger partial charge in [-0.15, -0.1) is 0 Å². The monoisotopic (exact) mass is 311 g/mol. The Bertz CT molecular complexity index is 432. The van der Waals surface area contributed by atoms with Crippen molar-refractivity contribution in [1.82, 2.24) is 4.90 Å². The molecule has 0 aromatic rings. The Hall–Kier alpha value is -1.01. The lowest BCUT2D eigenvalue weighted by molar-refractivity contribution is -0.0898. The standard InChI is InChI=1S/C16H30BNO4/c1-14(2,3)21-13(19)18-10-8-9-12(11-18)17-22-16(6,7)15(4,5)20/h9,17,20H,8,10-11H2,1-7H3. The molecular formula is C16H30BNO4. The molecule has 0 fully saturated rings. The number of ether oxygens (including phenoxy) is 1. The molecule has 0 unspecified atom stereocenters. The van der Waals surface area contributed by atoms with Crippen LogP contribution in [0.4, 0.5) is 4.79 Å². The van der Waals surface area contributed by atoms with Gasteiger partial charge in [-0.2, -0.15) is 0 Å². The van der Waals surface area contributed by atoms with Crippen LogP contribution < -0.4 is 0 Å². The lowest BCUT2D eigenvalue weighted by Crippen LogP contribution is -2.49. The van der Waals surface area contributed by atoms with E-state index in [4.69, 9.17) is 9.39 Å². The maximum Gasteiger partial charge on any atom is 0.410 e. The summed E-state index contributed by atoms with van der Waals surface area (Å²) in [5, 5.41) is 10.1. The first-order chi connectivity index (χ1) is 9.82. The Morgan fingerprint density at radius 1 is 1.23 bits per heavy atom. The van der Waals surface area contributed by atoms with Crippen molar-refractivity contribution in [1.29, 1.82) is 0 Å². The van der Waals surface area contributed by atoms with Crippen molar-refractivity contribution in [2.75, 3.05) is 13.1 Å². The molecule has 1 aliphatic heterocycles. The summed E-state index contributed by atoms with van der Waals surface area (Å²) in [7, 11) is 0.399. The van der Waals surface area contributed by atoms with Crippen LogP contribution in [-0.4, -0.2) is 53.5 Å². The number of carbonyl (C=O) groups excluding carboxylic acids is 1. The molecule has 0 saturated carbocycles. The van der Waals surface area contributed by atoms with Crippen LogP contribution in [0.1, 0.15) is 54.9 Å². The number of carbonyl (C=O) groups is 1. The van der Waals surface area contributed by atoms with Gasteiger partial charge in [-0.25, -0.2) is 4.79 Å². The molecule has 0 spiro atoms. The molecule has 0 aromatic carbocycles. The third-order valence-electron chi connectivity index (χ3n) is 3.97. The van der Waals surface area contributed by atoms with E-state index in [1.165, 1.54) is 0 Å². The summed E-state index contributed by atoms with van der Waals surface area (Å²) in [4.78, 5) is 13.8. The minimum absolute atomic E-state index is 0.292. The second kappa shape index (κ2) is 6.63. The van der Waals surface area contributed by atoms with Crippen molar-refractivity contribution in [2.24, 2.45) is 0 Å². The summed E-state index contributed by atoms with van der Waals surface area (Å²) in [5.41, 5.74) is -1.05. The highest BCUT2D eigenvalue weighted by Gasteiger charge is 2.36. The second-order valence-corrected chi connectivity index (χ2v) is 7.91. The first kappa shape index (κ1) is 19.0. The molecular weight excluding hydrogens is 281 g/mol. The quantitative estimate of drug-likeness (QED) is 0.810. The van der Waals surface area contributed by atoms with E-state index in [0.717, 1.165) is 11.9 Å². The average molecular weight is 311 g/mol. The Morgan fingerprint density at radius 3 is 2.32 bits per heavy atom.